The number of aromatic nitrogens is 2. The SMILES string of the molecule is CO[C@H]1/C=C\C=C(/C)C(=O)NC2=CC(=O)C(NCCCC(=O)OCC3OC(n4ccc(N)nc4=O)C(O)C3O)=C(C[C@@H](C)C[C@H](OC)[C@H](O)[C@@H](C)/C=C(\C)C1OC(N)=O)C2=O. The van der Waals surface area contributed by atoms with Crippen LogP contribution in [0.3, 0.4) is 0 Å². The molecule has 1 fully saturated rings. The van der Waals surface area contributed by atoms with Crippen LogP contribution in [0.4, 0.5) is 10.6 Å². The number of aliphatic hydroxyl groups is 3. The summed E-state index contributed by atoms with van der Waals surface area (Å²) in [6.07, 6.45) is -1.40. The van der Waals surface area contributed by atoms with Crippen LogP contribution in [0, 0.1) is 11.8 Å². The lowest BCUT2D eigenvalue weighted by atomic mass is 9.85. The van der Waals surface area contributed by atoms with Gasteiger partial charge >= 0.3 is 17.8 Å². The second-order valence-corrected chi connectivity index (χ2v) is 15.2. The fraction of sp³-hybridized carbons (Fsp3) is 0.537. The number of nitrogens with one attached hydrogen (secondary N) is 2. The van der Waals surface area contributed by atoms with Gasteiger partial charge in [0.25, 0.3) is 5.91 Å². The molecule has 0 radical (unpaired) electrons. The number of esters is 1. The number of nitrogens with two attached hydrogens (primary N) is 2. The van der Waals surface area contributed by atoms with Crippen molar-refractivity contribution in [1.29, 1.82) is 0 Å². The number of fused-ring (bicyclic) bond motifs is 2. The first kappa shape index (κ1) is 48.2. The molecule has 9 N–H and O–H groups in total. The molecule has 1 saturated heterocycles. The summed E-state index contributed by atoms with van der Waals surface area (Å²) < 4.78 is 28.5. The normalized spacial score (nSPS) is 31.6. The number of amides is 2. The molecule has 0 aromatic carbocycles. The summed E-state index contributed by atoms with van der Waals surface area (Å²) in [5.74, 6) is -3.49. The van der Waals surface area contributed by atoms with Crippen LogP contribution in [0.2, 0.25) is 0 Å². The van der Waals surface area contributed by atoms with E-state index in [0.29, 0.717) is 5.57 Å². The Labute approximate surface area is 352 Å². The van der Waals surface area contributed by atoms with Gasteiger partial charge in [0.15, 0.2) is 12.3 Å². The summed E-state index contributed by atoms with van der Waals surface area (Å²) in [5.41, 5.74) is 10.6. The number of nitrogens with zero attached hydrogens (tertiary/aromatic N) is 2. The maximum Gasteiger partial charge on any atom is 0.405 e. The molecule has 3 heterocycles. The highest BCUT2D eigenvalue weighted by Gasteiger charge is 2.45. The molecule has 1 aromatic rings. The molecule has 0 saturated carbocycles. The number of methoxy groups -OCH3 is 2. The van der Waals surface area contributed by atoms with Crippen molar-refractivity contribution in [3.8, 4) is 0 Å². The second-order valence-electron chi connectivity index (χ2n) is 15.2. The minimum absolute atomic E-state index is 0.0215. The molecule has 20 nitrogen and oxygen atoms in total. The number of allylic oxidation sites excluding steroid dienone is 4. The summed E-state index contributed by atoms with van der Waals surface area (Å²) in [6, 6.07) is 1.32. The third-order valence-electron chi connectivity index (χ3n) is 10.5. The van der Waals surface area contributed by atoms with E-state index in [2.05, 4.69) is 15.6 Å². The van der Waals surface area contributed by atoms with E-state index in [0.717, 1.165) is 10.6 Å². The van der Waals surface area contributed by atoms with Crippen LogP contribution in [-0.2, 0) is 42.9 Å². The Morgan fingerprint density at radius 3 is 2.44 bits per heavy atom. The van der Waals surface area contributed by atoms with Gasteiger partial charge in [-0.3, -0.25) is 23.7 Å². The van der Waals surface area contributed by atoms with Gasteiger partial charge in [0.2, 0.25) is 11.6 Å². The van der Waals surface area contributed by atoms with Crippen molar-refractivity contribution in [1.82, 2.24) is 20.2 Å². The van der Waals surface area contributed by atoms with Gasteiger partial charge in [-0.05, 0) is 50.7 Å². The molecule has 3 aliphatic rings. The summed E-state index contributed by atoms with van der Waals surface area (Å²) >= 11 is 0. The highest BCUT2D eigenvalue weighted by Crippen LogP contribution is 2.30. The quantitative estimate of drug-likeness (QED) is 0.0674. The third kappa shape index (κ3) is 12.5. The zero-order valence-corrected chi connectivity index (χ0v) is 34.9. The number of rotatable bonds is 11. The average Bonchev–Trinajstić information content (AvgIpc) is 3.48. The van der Waals surface area contributed by atoms with Gasteiger partial charge in [0.05, 0.1) is 23.6 Å². The first-order valence-corrected chi connectivity index (χ1v) is 19.7. The van der Waals surface area contributed by atoms with Crippen LogP contribution in [-0.4, -0.2) is 125 Å². The number of anilines is 1. The molecule has 5 unspecified atom stereocenters. The minimum atomic E-state index is -1.53. The highest BCUT2D eigenvalue weighted by atomic mass is 16.6. The van der Waals surface area contributed by atoms with E-state index in [-0.39, 0.29) is 66.5 Å². The number of carbonyl (C=O) groups excluding carboxylic acids is 5. The standard InChI is InChI=1S/C41H56N6O14/c1-20-15-24-32(44-13-8-11-31(49)59-19-29-35(52)36(53)39(60-29)47-14-12-30(42)46-41(47)56)26(48)18-25(34(24)51)45-38(54)21(2)9-7-10-27(57-5)37(61-40(43)55)23(4)17-22(3)33(50)28(16-20)58-6/h7,9-10,12,14,17-18,20,22,27-29,33,35-37,39,44,50,52-53H,8,11,13,15-16,19H2,1-6H3,(H2,43,55)(H,45,54)(H2,42,46,56)/b10-7-,21-9+,23-17+/t20-,22+,27+,28+,29?,33-,35?,36?,37?,39?/m1/s1. The highest BCUT2D eigenvalue weighted by molar-refractivity contribution is 6.23. The van der Waals surface area contributed by atoms with Crippen LogP contribution < -0.4 is 27.8 Å². The number of aliphatic hydroxyl groups excluding tert-OH is 3. The lowest BCUT2D eigenvalue weighted by Crippen LogP contribution is -2.38. The van der Waals surface area contributed by atoms with E-state index in [4.69, 9.17) is 35.2 Å². The van der Waals surface area contributed by atoms with E-state index < -0.39 is 96.7 Å². The molecule has 10 atom stereocenters. The predicted molar refractivity (Wildman–Crippen MR) is 217 cm³/mol. The topological polar surface area (TPSA) is 303 Å². The van der Waals surface area contributed by atoms with Gasteiger partial charge in [0, 0.05) is 56.5 Å². The van der Waals surface area contributed by atoms with Crippen molar-refractivity contribution in [2.45, 2.75) is 102 Å². The van der Waals surface area contributed by atoms with Crippen molar-refractivity contribution >= 4 is 35.4 Å². The van der Waals surface area contributed by atoms with Crippen molar-refractivity contribution < 1.29 is 63.0 Å². The van der Waals surface area contributed by atoms with Crippen LogP contribution in [0.25, 0.3) is 0 Å². The molecule has 1 aliphatic carbocycles. The zero-order valence-electron chi connectivity index (χ0n) is 34.9. The van der Waals surface area contributed by atoms with Gasteiger partial charge in [0.1, 0.15) is 36.8 Å². The van der Waals surface area contributed by atoms with Crippen LogP contribution in [0.1, 0.15) is 59.6 Å². The number of hydrogen-bond donors (Lipinski definition) is 7. The van der Waals surface area contributed by atoms with Gasteiger partial charge in [-0.15, -0.1) is 0 Å². The Balaban J connectivity index is 1.49. The number of ether oxygens (including phenoxy) is 5. The molecule has 2 amide bonds. The summed E-state index contributed by atoms with van der Waals surface area (Å²) in [4.78, 5) is 81.2. The fourth-order valence-electron chi connectivity index (χ4n) is 7.19. The number of nitrogen functional groups attached to an aromatic ring is 1. The Hall–Kier alpha value is -5.51. The summed E-state index contributed by atoms with van der Waals surface area (Å²) in [7, 11) is 2.84. The monoisotopic (exact) mass is 856 g/mol. The number of Topliss-reactive ketones (excluding diaryl/α,β-unsaturated/α-hetero) is 1. The van der Waals surface area contributed by atoms with Gasteiger partial charge < -0.3 is 61.1 Å². The van der Waals surface area contributed by atoms with Crippen molar-refractivity contribution in [2.24, 2.45) is 17.6 Å². The molecule has 2 bridgehead atoms. The first-order valence-electron chi connectivity index (χ1n) is 19.7. The summed E-state index contributed by atoms with van der Waals surface area (Å²) in [5, 5.41) is 37.9. The van der Waals surface area contributed by atoms with E-state index >= 15 is 0 Å². The number of carbonyl (C=O) groups is 5. The van der Waals surface area contributed by atoms with E-state index in [1.54, 1.807) is 26.0 Å². The number of primary amides is 1. The van der Waals surface area contributed by atoms with Crippen LogP contribution in [0.5, 0.6) is 0 Å². The van der Waals surface area contributed by atoms with Crippen molar-refractivity contribution in [2.75, 3.05) is 33.1 Å². The molecule has 20 heteroatoms. The van der Waals surface area contributed by atoms with Crippen molar-refractivity contribution in [3.63, 3.8) is 0 Å². The number of hydrogen-bond acceptors (Lipinski definition) is 17. The maximum absolute atomic E-state index is 14.0. The Morgan fingerprint density at radius 1 is 1.07 bits per heavy atom. The Kier molecular flexibility index (Phi) is 17.2. The fourth-order valence-corrected chi connectivity index (χ4v) is 7.19. The smallest absolute Gasteiger partial charge is 0.405 e. The molecule has 1 aromatic heterocycles. The molecule has 0 spiro atoms. The van der Waals surface area contributed by atoms with E-state index in [1.165, 1.54) is 45.6 Å². The first-order chi connectivity index (χ1) is 28.9. The van der Waals surface area contributed by atoms with Crippen LogP contribution in [0.15, 0.2) is 75.6 Å². The van der Waals surface area contributed by atoms with Gasteiger partial charge in [-0.25, -0.2) is 9.59 Å². The van der Waals surface area contributed by atoms with E-state index in [9.17, 15) is 44.1 Å². The summed E-state index contributed by atoms with van der Waals surface area (Å²) in [6.45, 7) is 6.38. The predicted octanol–water partition coefficient (Wildman–Crippen LogP) is 0.133. The third-order valence-corrected chi connectivity index (χ3v) is 10.5. The largest absolute Gasteiger partial charge is 0.463 e. The molecule has 2 aliphatic heterocycles. The maximum atomic E-state index is 14.0. The minimum Gasteiger partial charge on any atom is -0.463 e. The zero-order chi connectivity index (χ0) is 45.1. The molecular formula is C41H56N6O14. The molecular weight excluding hydrogens is 800 g/mol. The number of ketones is 2. The second kappa shape index (κ2) is 21.8. The lowest BCUT2D eigenvalue weighted by molar-refractivity contribution is -0.150. The lowest BCUT2D eigenvalue weighted by Gasteiger charge is -2.30. The van der Waals surface area contributed by atoms with E-state index in [1.807, 2.05) is 6.92 Å². The Morgan fingerprint density at radius 2 is 1.79 bits per heavy atom. The Bertz CT molecular complexity index is 2020. The molecule has 4 rings (SSSR count). The van der Waals surface area contributed by atoms with Gasteiger partial charge in [-0.1, -0.05) is 38.2 Å². The molecule has 61 heavy (non-hydrogen) atoms. The van der Waals surface area contributed by atoms with Crippen molar-refractivity contribution in [3.05, 3.63) is 81.2 Å². The van der Waals surface area contributed by atoms with Crippen LogP contribution >= 0.6 is 0 Å². The molecule has 334 valence electrons. The van der Waals surface area contributed by atoms with Gasteiger partial charge in [-0.2, -0.15) is 4.98 Å². The average molecular weight is 857 g/mol.